The van der Waals surface area contributed by atoms with Crippen LogP contribution in [0.2, 0.25) is 0 Å². The summed E-state index contributed by atoms with van der Waals surface area (Å²) in [6, 6.07) is 21.6. The van der Waals surface area contributed by atoms with Gasteiger partial charge in [-0.25, -0.2) is 0 Å². The van der Waals surface area contributed by atoms with Gasteiger partial charge < -0.3 is 0 Å². The Bertz CT molecular complexity index is 707. The minimum atomic E-state index is -0.0484. The van der Waals surface area contributed by atoms with Crippen LogP contribution in [0, 0.1) is 0 Å². The van der Waals surface area contributed by atoms with Crippen LogP contribution in [0.25, 0.3) is 0 Å². The largest absolute Gasteiger partial charge is 0.288 e. The Labute approximate surface area is 126 Å². The van der Waals surface area contributed by atoms with Crippen molar-refractivity contribution in [3.63, 3.8) is 0 Å². The molecule has 2 aromatic carbocycles. The smallest absolute Gasteiger partial charge is 0.202 e. The monoisotopic (exact) mass is 292 g/mol. The molecule has 3 heteroatoms. The summed E-state index contributed by atoms with van der Waals surface area (Å²) in [4.78, 5) is 25.8. The Morgan fingerprint density at radius 2 is 0.952 bits per heavy atom. The molecule has 21 heavy (non-hydrogen) atoms. The Balaban J connectivity index is 1.87. The van der Waals surface area contributed by atoms with Gasteiger partial charge in [-0.05, 0) is 12.1 Å². The number of rotatable bonds is 4. The van der Waals surface area contributed by atoms with E-state index in [-0.39, 0.29) is 11.6 Å². The van der Waals surface area contributed by atoms with Crippen LogP contribution in [0.15, 0.2) is 72.8 Å². The molecule has 0 saturated heterocycles. The summed E-state index contributed by atoms with van der Waals surface area (Å²) < 4.78 is 0. The van der Waals surface area contributed by atoms with Crippen molar-refractivity contribution in [1.29, 1.82) is 0 Å². The topological polar surface area (TPSA) is 34.1 Å². The molecule has 0 aliphatic carbocycles. The second-order valence-electron chi connectivity index (χ2n) is 4.55. The van der Waals surface area contributed by atoms with E-state index < -0.39 is 0 Å². The molecule has 0 spiro atoms. The number of hydrogen-bond acceptors (Lipinski definition) is 3. The first-order valence-electron chi connectivity index (χ1n) is 6.55. The minimum absolute atomic E-state index is 0.0484. The van der Waals surface area contributed by atoms with Gasteiger partial charge in [-0.15, -0.1) is 11.3 Å². The molecule has 1 aromatic heterocycles. The van der Waals surface area contributed by atoms with Gasteiger partial charge in [-0.2, -0.15) is 0 Å². The fourth-order valence-electron chi connectivity index (χ4n) is 2.05. The van der Waals surface area contributed by atoms with Crippen molar-refractivity contribution in [2.75, 3.05) is 0 Å². The molecule has 0 aliphatic heterocycles. The Kier molecular flexibility index (Phi) is 3.75. The van der Waals surface area contributed by atoms with Gasteiger partial charge in [-0.1, -0.05) is 60.7 Å². The summed E-state index contributed by atoms with van der Waals surface area (Å²) in [7, 11) is 0. The first kappa shape index (κ1) is 13.5. The molecule has 0 aliphatic rings. The predicted octanol–water partition coefficient (Wildman–Crippen LogP) is 4.21. The number of carbonyl (C=O) groups excluding carboxylic acids is 2. The van der Waals surface area contributed by atoms with Crippen molar-refractivity contribution in [2.45, 2.75) is 0 Å². The SMILES string of the molecule is O=C(c1ccccc1)c1ccc(C(=O)c2ccccc2)s1. The second kappa shape index (κ2) is 5.85. The third-order valence-corrected chi connectivity index (χ3v) is 4.21. The molecule has 0 unspecified atom stereocenters. The molecule has 0 saturated carbocycles. The summed E-state index contributed by atoms with van der Waals surface area (Å²) in [5.74, 6) is -0.0968. The highest BCUT2D eigenvalue weighted by molar-refractivity contribution is 7.16. The van der Waals surface area contributed by atoms with Crippen LogP contribution < -0.4 is 0 Å². The highest BCUT2D eigenvalue weighted by Crippen LogP contribution is 2.22. The Morgan fingerprint density at radius 1 is 0.571 bits per heavy atom. The van der Waals surface area contributed by atoms with E-state index in [0.29, 0.717) is 20.9 Å². The molecule has 102 valence electrons. The number of hydrogen-bond donors (Lipinski definition) is 0. The predicted molar refractivity (Wildman–Crippen MR) is 84.1 cm³/mol. The van der Waals surface area contributed by atoms with Crippen LogP contribution >= 0.6 is 11.3 Å². The zero-order valence-electron chi connectivity index (χ0n) is 11.2. The van der Waals surface area contributed by atoms with Gasteiger partial charge in [0.1, 0.15) is 0 Å². The Hall–Kier alpha value is -2.52. The summed E-state index contributed by atoms with van der Waals surface area (Å²) in [6.07, 6.45) is 0. The third-order valence-electron chi connectivity index (χ3n) is 3.13. The van der Waals surface area contributed by atoms with Crippen molar-refractivity contribution in [1.82, 2.24) is 0 Å². The van der Waals surface area contributed by atoms with Crippen LogP contribution in [0.1, 0.15) is 30.5 Å². The van der Waals surface area contributed by atoms with Crippen LogP contribution in [-0.2, 0) is 0 Å². The maximum absolute atomic E-state index is 12.3. The standard InChI is InChI=1S/C18H12O2S/c19-17(13-7-3-1-4-8-13)15-11-12-16(21-15)18(20)14-9-5-2-6-10-14/h1-12H. The van der Waals surface area contributed by atoms with Crippen LogP contribution in [0.5, 0.6) is 0 Å². The van der Waals surface area contributed by atoms with E-state index in [1.807, 2.05) is 36.4 Å². The molecule has 0 atom stereocenters. The first-order valence-corrected chi connectivity index (χ1v) is 7.37. The average molecular weight is 292 g/mol. The van der Waals surface area contributed by atoms with E-state index >= 15 is 0 Å². The third kappa shape index (κ3) is 2.83. The lowest BCUT2D eigenvalue weighted by Gasteiger charge is -1.98. The molecule has 0 amide bonds. The normalized spacial score (nSPS) is 10.3. The fraction of sp³-hybridized carbons (Fsp3) is 0. The van der Waals surface area contributed by atoms with Gasteiger partial charge in [0.25, 0.3) is 0 Å². The molecule has 0 fully saturated rings. The maximum atomic E-state index is 12.3. The van der Waals surface area contributed by atoms with E-state index in [2.05, 4.69) is 0 Å². The molecule has 0 N–H and O–H groups in total. The number of carbonyl (C=O) groups is 2. The van der Waals surface area contributed by atoms with Crippen LogP contribution in [0.4, 0.5) is 0 Å². The van der Waals surface area contributed by atoms with Crippen molar-refractivity contribution in [2.24, 2.45) is 0 Å². The summed E-state index contributed by atoms with van der Waals surface area (Å²) in [5.41, 5.74) is 1.27. The Morgan fingerprint density at radius 3 is 1.33 bits per heavy atom. The highest BCUT2D eigenvalue weighted by atomic mass is 32.1. The lowest BCUT2D eigenvalue weighted by atomic mass is 10.1. The summed E-state index contributed by atoms with van der Waals surface area (Å²) in [6.45, 7) is 0. The van der Waals surface area contributed by atoms with Crippen LogP contribution in [0.3, 0.4) is 0 Å². The van der Waals surface area contributed by atoms with Gasteiger partial charge >= 0.3 is 0 Å². The number of ketones is 2. The van der Waals surface area contributed by atoms with Crippen molar-refractivity contribution in [3.8, 4) is 0 Å². The van der Waals surface area contributed by atoms with E-state index in [0.717, 1.165) is 0 Å². The maximum Gasteiger partial charge on any atom is 0.202 e. The van der Waals surface area contributed by atoms with Crippen LogP contribution in [-0.4, -0.2) is 11.6 Å². The van der Waals surface area contributed by atoms with Crippen molar-refractivity contribution >= 4 is 22.9 Å². The lowest BCUT2D eigenvalue weighted by Crippen LogP contribution is -1.98. The number of benzene rings is 2. The molecular formula is C18H12O2S. The van der Waals surface area contributed by atoms with Gasteiger partial charge in [0.15, 0.2) is 0 Å². The first-order chi connectivity index (χ1) is 10.3. The van der Waals surface area contributed by atoms with Gasteiger partial charge in [0.05, 0.1) is 9.75 Å². The van der Waals surface area contributed by atoms with E-state index in [1.165, 1.54) is 11.3 Å². The average Bonchev–Trinajstić information content (AvgIpc) is 3.05. The zero-order chi connectivity index (χ0) is 14.7. The number of thiophene rings is 1. The van der Waals surface area contributed by atoms with Gasteiger partial charge in [-0.3, -0.25) is 9.59 Å². The molecule has 3 aromatic rings. The molecule has 2 nitrogen and oxygen atoms in total. The van der Waals surface area contributed by atoms with E-state index in [1.54, 1.807) is 36.4 Å². The second-order valence-corrected chi connectivity index (χ2v) is 5.64. The summed E-state index contributed by atoms with van der Waals surface area (Å²) >= 11 is 1.24. The quantitative estimate of drug-likeness (QED) is 0.675. The molecule has 1 heterocycles. The summed E-state index contributed by atoms with van der Waals surface area (Å²) in [5, 5.41) is 0. The van der Waals surface area contributed by atoms with Crippen molar-refractivity contribution in [3.05, 3.63) is 93.7 Å². The van der Waals surface area contributed by atoms with E-state index in [9.17, 15) is 9.59 Å². The lowest BCUT2D eigenvalue weighted by molar-refractivity contribution is 0.103. The molecule has 0 radical (unpaired) electrons. The van der Waals surface area contributed by atoms with E-state index in [4.69, 9.17) is 0 Å². The molecule has 3 rings (SSSR count). The molecular weight excluding hydrogens is 280 g/mol. The minimum Gasteiger partial charge on any atom is -0.288 e. The highest BCUT2D eigenvalue weighted by Gasteiger charge is 2.16. The fourth-order valence-corrected chi connectivity index (χ4v) is 2.98. The van der Waals surface area contributed by atoms with Gasteiger partial charge in [0, 0.05) is 11.1 Å². The van der Waals surface area contributed by atoms with Crippen molar-refractivity contribution < 1.29 is 9.59 Å². The molecule has 0 bridgehead atoms. The van der Waals surface area contributed by atoms with Gasteiger partial charge in [0.2, 0.25) is 11.6 Å². The zero-order valence-corrected chi connectivity index (χ0v) is 12.0.